The first-order valence-electron chi connectivity index (χ1n) is 8.37. The molecule has 0 unspecified atom stereocenters. The lowest BCUT2D eigenvalue weighted by Crippen LogP contribution is -2.15. The smallest absolute Gasteiger partial charge is 0.224 e. The van der Waals surface area contributed by atoms with Gasteiger partial charge in [-0.1, -0.05) is 30.3 Å². The van der Waals surface area contributed by atoms with Gasteiger partial charge in [0.2, 0.25) is 15.9 Å². The van der Waals surface area contributed by atoms with Crippen LogP contribution >= 0.6 is 0 Å². The SMILES string of the molecule is NS(=O)(=O)Cc1ccc(NC(=O)CCc2cnn(-c3ccccc3)c2)cc1. The number of hydrogen-bond acceptors (Lipinski definition) is 4. The van der Waals surface area contributed by atoms with Crippen molar-refractivity contribution in [2.45, 2.75) is 18.6 Å². The van der Waals surface area contributed by atoms with Crippen molar-refractivity contribution in [3.05, 3.63) is 78.1 Å². The van der Waals surface area contributed by atoms with Crippen molar-refractivity contribution >= 4 is 21.6 Å². The van der Waals surface area contributed by atoms with Crippen molar-refractivity contribution in [1.29, 1.82) is 0 Å². The molecule has 0 saturated heterocycles. The molecule has 3 N–H and O–H groups in total. The van der Waals surface area contributed by atoms with Crippen molar-refractivity contribution < 1.29 is 13.2 Å². The van der Waals surface area contributed by atoms with Gasteiger partial charge in [-0.25, -0.2) is 18.2 Å². The summed E-state index contributed by atoms with van der Waals surface area (Å²) in [7, 11) is -3.57. The highest BCUT2D eigenvalue weighted by Gasteiger charge is 2.08. The van der Waals surface area contributed by atoms with Crippen LogP contribution in [-0.2, 0) is 27.0 Å². The second kappa shape index (κ2) is 8.15. The number of nitrogens with two attached hydrogens (primary N) is 1. The molecule has 0 spiro atoms. The maximum atomic E-state index is 12.1. The molecule has 1 heterocycles. The van der Waals surface area contributed by atoms with E-state index in [4.69, 9.17) is 5.14 Å². The molecule has 8 heteroatoms. The molecule has 0 saturated carbocycles. The Kier molecular flexibility index (Phi) is 5.68. The van der Waals surface area contributed by atoms with Gasteiger partial charge in [-0.3, -0.25) is 4.79 Å². The monoisotopic (exact) mass is 384 g/mol. The summed E-state index contributed by atoms with van der Waals surface area (Å²) < 4.78 is 23.9. The molecule has 7 nitrogen and oxygen atoms in total. The third kappa shape index (κ3) is 5.77. The molecule has 3 aromatic rings. The first-order valence-corrected chi connectivity index (χ1v) is 10.1. The molecule has 0 bridgehead atoms. The first kappa shape index (κ1) is 18.8. The number of amides is 1. The quantitative estimate of drug-likeness (QED) is 0.651. The maximum absolute atomic E-state index is 12.1. The minimum atomic E-state index is -3.57. The Morgan fingerprint density at radius 1 is 1.04 bits per heavy atom. The van der Waals surface area contributed by atoms with Crippen LogP contribution in [0, 0.1) is 0 Å². The van der Waals surface area contributed by atoms with Gasteiger partial charge in [-0.15, -0.1) is 0 Å². The van der Waals surface area contributed by atoms with Crippen molar-refractivity contribution in [1.82, 2.24) is 9.78 Å². The molecular weight excluding hydrogens is 364 g/mol. The summed E-state index contributed by atoms with van der Waals surface area (Å²) in [6, 6.07) is 16.3. The maximum Gasteiger partial charge on any atom is 0.224 e. The molecule has 3 rings (SSSR count). The summed E-state index contributed by atoms with van der Waals surface area (Å²) in [4.78, 5) is 12.1. The highest BCUT2D eigenvalue weighted by atomic mass is 32.2. The predicted molar refractivity (Wildman–Crippen MR) is 104 cm³/mol. The molecular formula is C19H20N4O3S. The average molecular weight is 384 g/mol. The van der Waals surface area contributed by atoms with Gasteiger partial charge in [0, 0.05) is 18.3 Å². The van der Waals surface area contributed by atoms with E-state index in [-0.39, 0.29) is 11.7 Å². The summed E-state index contributed by atoms with van der Waals surface area (Å²) in [5.74, 6) is -0.353. The van der Waals surface area contributed by atoms with E-state index < -0.39 is 10.0 Å². The minimum absolute atomic E-state index is 0.123. The number of sulfonamides is 1. The topological polar surface area (TPSA) is 107 Å². The molecule has 140 valence electrons. The number of hydrogen-bond donors (Lipinski definition) is 2. The van der Waals surface area contributed by atoms with Gasteiger partial charge in [0.15, 0.2) is 0 Å². The number of benzene rings is 2. The third-order valence-electron chi connectivity index (χ3n) is 3.90. The zero-order valence-corrected chi connectivity index (χ0v) is 15.4. The Morgan fingerprint density at radius 2 is 1.74 bits per heavy atom. The highest BCUT2D eigenvalue weighted by Crippen LogP contribution is 2.13. The van der Waals surface area contributed by atoms with E-state index in [1.807, 2.05) is 36.5 Å². The number of primary sulfonamides is 1. The molecule has 0 aliphatic heterocycles. The number of nitrogens with zero attached hydrogens (tertiary/aromatic N) is 2. The van der Waals surface area contributed by atoms with E-state index in [0.29, 0.717) is 24.1 Å². The number of nitrogens with one attached hydrogen (secondary N) is 1. The summed E-state index contributed by atoms with van der Waals surface area (Å²) in [5, 5.41) is 12.1. The average Bonchev–Trinajstić information content (AvgIpc) is 3.10. The minimum Gasteiger partial charge on any atom is -0.326 e. The normalized spacial score (nSPS) is 11.3. The number of aryl methyl sites for hydroxylation is 1. The lowest BCUT2D eigenvalue weighted by Gasteiger charge is -2.06. The third-order valence-corrected chi connectivity index (χ3v) is 4.64. The fraction of sp³-hybridized carbons (Fsp3) is 0.158. The fourth-order valence-corrected chi connectivity index (χ4v) is 3.27. The predicted octanol–water partition coefficient (Wildman–Crippen LogP) is 2.23. The number of aromatic nitrogens is 2. The number of anilines is 1. The molecule has 0 atom stereocenters. The zero-order valence-electron chi connectivity index (χ0n) is 14.6. The van der Waals surface area contributed by atoms with Crippen molar-refractivity contribution in [2.75, 3.05) is 5.32 Å². The van der Waals surface area contributed by atoms with Crippen LogP contribution in [0.4, 0.5) is 5.69 Å². The molecule has 0 radical (unpaired) electrons. The van der Waals surface area contributed by atoms with E-state index in [1.54, 1.807) is 35.1 Å². The molecule has 0 aliphatic carbocycles. The molecule has 0 fully saturated rings. The number of carbonyl (C=O) groups excluding carboxylic acids is 1. The van der Waals surface area contributed by atoms with E-state index in [2.05, 4.69) is 10.4 Å². The molecule has 2 aromatic carbocycles. The van der Waals surface area contributed by atoms with Gasteiger partial charge in [0.1, 0.15) is 0 Å². The van der Waals surface area contributed by atoms with Crippen LogP contribution in [0.2, 0.25) is 0 Å². The molecule has 0 aliphatic rings. The van der Waals surface area contributed by atoms with Crippen molar-refractivity contribution in [2.24, 2.45) is 5.14 Å². The van der Waals surface area contributed by atoms with Gasteiger partial charge in [-0.05, 0) is 41.8 Å². The number of carbonyl (C=O) groups is 1. The van der Waals surface area contributed by atoms with E-state index >= 15 is 0 Å². The summed E-state index contributed by atoms with van der Waals surface area (Å²) in [6.45, 7) is 0. The fourth-order valence-electron chi connectivity index (χ4n) is 2.61. The molecule has 27 heavy (non-hydrogen) atoms. The van der Waals surface area contributed by atoms with E-state index in [1.165, 1.54) is 0 Å². The van der Waals surface area contributed by atoms with Crippen molar-refractivity contribution in [3.63, 3.8) is 0 Å². The van der Waals surface area contributed by atoms with Crippen LogP contribution in [0.15, 0.2) is 67.0 Å². The summed E-state index contributed by atoms with van der Waals surface area (Å²) in [5.41, 5.74) is 3.12. The zero-order chi connectivity index (χ0) is 19.3. The van der Waals surface area contributed by atoms with Crippen LogP contribution in [0.5, 0.6) is 0 Å². The van der Waals surface area contributed by atoms with Gasteiger partial charge in [0.25, 0.3) is 0 Å². The number of rotatable bonds is 7. The first-order chi connectivity index (χ1) is 12.9. The largest absolute Gasteiger partial charge is 0.326 e. The standard InChI is InChI=1S/C19H20N4O3S/c20-27(25,26)14-15-6-9-17(10-7-15)22-19(24)11-8-16-12-21-23(13-16)18-4-2-1-3-5-18/h1-7,9-10,12-13H,8,11,14H2,(H,22,24)(H2,20,25,26). The Balaban J connectivity index is 1.52. The van der Waals surface area contributed by atoms with Crippen LogP contribution < -0.4 is 10.5 Å². The van der Waals surface area contributed by atoms with Gasteiger partial charge < -0.3 is 5.32 Å². The molecule has 1 aromatic heterocycles. The van der Waals surface area contributed by atoms with Crippen LogP contribution in [0.25, 0.3) is 5.69 Å². The second-order valence-corrected chi connectivity index (χ2v) is 7.80. The van der Waals surface area contributed by atoms with Crippen molar-refractivity contribution in [3.8, 4) is 5.69 Å². The Labute approximate surface area is 157 Å². The summed E-state index contributed by atoms with van der Waals surface area (Å²) >= 11 is 0. The Hall–Kier alpha value is -2.97. The van der Waals surface area contributed by atoms with Gasteiger partial charge in [-0.2, -0.15) is 5.10 Å². The van der Waals surface area contributed by atoms with E-state index in [0.717, 1.165) is 11.3 Å². The highest BCUT2D eigenvalue weighted by molar-refractivity contribution is 7.88. The lowest BCUT2D eigenvalue weighted by molar-refractivity contribution is -0.116. The van der Waals surface area contributed by atoms with Crippen LogP contribution in [-0.4, -0.2) is 24.1 Å². The van der Waals surface area contributed by atoms with Gasteiger partial charge >= 0.3 is 0 Å². The number of para-hydroxylation sites is 1. The van der Waals surface area contributed by atoms with Crippen LogP contribution in [0.1, 0.15) is 17.5 Å². The second-order valence-electron chi connectivity index (χ2n) is 6.18. The Morgan fingerprint density at radius 3 is 2.41 bits per heavy atom. The molecule has 1 amide bonds. The lowest BCUT2D eigenvalue weighted by atomic mass is 10.2. The van der Waals surface area contributed by atoms with E-state index in [9.17, 15) is 13.2 Å². The summed E-state index contributed by atoms with van der Waals surface area (Å²) in [6.07, 6.45) is 4.55. The van der Waals surface area contributed by atoms with Gasteiger partial charge in [0.05, 0.1) is 17.6 Å². The Bertz CT molecular complexity index is 1010. The van der Waals surface area contributed by atoms with Crippen LogP contribution in [0.3, 0.4) is 0 Å².